The number of fused-ring (bicyclic) bond motifs is 1. The largest absolute Gasteiger partial charge is 0.379 e. The second kappa shape index (κ2) is 18.3. The summed E-state index contributed by atoms with van der Waals surface area (Å²) >= 11 is 1.34. The molecule has 1 unspecified atom stereocenters. The van der Waals surface area contributed by atoms with Gasteiger partial charge >= 0.3 is 0 Å². The maximum absolute atomic E-state index is 13.9. The maximum Gasteiger partial charge on any atom is 0.255 e. The second-order valence-corrected chi connectivity index (χ2v) is 14.1. The summed E-state index contributed by atoms with van der Waals surface area (Å²) < 4.78 is 17.0. The van der Waals surface area contributed by atoms with Gasteiger partial charge in [-0.25, -0.2) is 9.97 Å². The smallest absolute Gasteiger partial charge is 0.255 e. The van der Waals surface area contributed by atoms with Crippen LogP contribution in [0.4, 0.5) is 10.9 Å². The van der Waals surface area contributed by atoms with Gasteiger partial charge in [-0.15, -0.1) is 11.3 Å². The van der Waals surface area contributed by atoms with Gasteiger partial charge in [-0.2, -0.15) is 0 Å². The fraction of sp³-hybridized carbons (Fsp3) is 0.436. The van der Waals surface area contributed by atoms with E-state index >= 15 is 0 Å². The molecule has 2 amide bonds. The first kappa shape index (κ1) is 36.6. The number of pyridine rings is 1. The number of nitrogens with zero attached hydrogens (tertiary/aromatic N) is 5. The number of hydrogen-bond donors (Lipinski definition) is 1. The van der Waals surface area contributed by atoms with E-state index in [1.54, 1.807) is 16.5 Å². The highest BCUT2D eigenvalue weighted by Gasteiger charge is 2.38. The van der Waals surface area contributed by atoms with E-state index in [2.05, 4.69) is 46.1 Å². The van der Waals surface area contributed by atoms with Crippen LogP contribution in [0.1, 0.15) is 47.8 Å². The highest BCUT2D eigenvalue weighted by Crippen LogP contribution is 2.35. The van der Waals surface area contributed by atoms with Crippen LogP contribution in [0.3, 0.4) is 0 Å². The quantitative estimate of drug-likeness (QED) is 0.129. The number of carbonyl (C=O) groups is 2. The van der Waals surface area contributed by atoms with Crippen molar-refractivity contribution in [3.63, 3.8) is 0 Å². The molecule has 1 saturated heterocycles. The maximum atomic E-state index is 13.9. The van der Waals surface area contributed by atoms with E-state index in [0.29, 0.717) is 56.2 Å². The van der Waals surface area contributed by atoms with Crippen LogP contribution in [0, 0.1) is 5.92 Å². The van der Waals surface area contributed by atoms with Gasteiger partial charge in [-0.1, -0.05) is 56.3 Å². The lowest BCUT2D eigenvalue weighted by atomic mass is 10.0. The molecule has 11 nitrogen and oxygen atoms in total. The summed E-state index contributed by atoms with van der Waals surface area (Å²) in [4.78, 5) is 42.8. The third kappa shape index (κ3) is 9.99. The Kier molecular flexibility index (Phi) is 13.2. The summed E-state index contributed by atoms with van der Waals surface area (Å²) in [6.45, 7) is 13.2. The van der Waals surface area contributed by atoms with Crippen molar-refractivity contribution in [2.45, 2.75) is 32.9 Å². The van der Waals surface area contributed by atoms with Crippen molar-refractivity contribution >= 4 is 34.1 Å². The van der Waals surface area contributed by atoms with Gasteiger partial charge in [0.15, 0.2) is 5.13 Å². The van der Waals surface area contributed by atoms with Crippen molar-refractivity contribution in [3.8, 4) is 11.1 Å². The van der Waals surface area contributed by atoms with E-state index in [4.69, 9.17) is 19.2 Å². The molecule has 2 aliphatic heterocycles. The summed E-state index contributed by atoms with van der Waals surface area (Å²) in [7, 11) is 0. The number of carbonyl (C=O) groups excluding carboxylic acids is 2. The number of hydrogen-bond acceptors (Lipinski definition) is 10. The number of anilines is 2. The van der Waals surface area contributed by atoms with E-state index in [1.807, 2.05) is 54.7 Å². The molecule has 12 heteroatoms. The standard InChI is InChI=1S/C39H48N6O5S/c1-29(2)12-19-48-21-23-50-24-22-49-20-18-43-14-16-44(17-15-43)35-11-10-32(27-41-35)31-8-9-33-28-45(38(47)34(33)26-31)36(30-6-4-3-5-7-30)37(46)42-39-40-13-25-51-39/h3-11,13,25-27,29,36H,12,14-24,28H2,1-2H3,(H,40,42,46). The Morgan fingerprint density at radius 1 is 0.863 bits per heavy atom. The second-order valence-electron chi connectivity index (χ2n) is 13.2. The molecule has 6 rings (SSSR count). The van der Waals surface area contributed by atoms with Gasteiger partial charge in [0.2, 0.25) is 0 Å². The minimum Gasteiger partial charge on any atom is -0.379 e. The number of piperazine rings is 1. The van der Waals surface area contributed by atoms with Gasteiger partial charge in [0, 0.05) is 74.8 Å². The normalized spacial score (nSPS) is 15.4. The van der Waals surface area contributed by atoms with Gasteiger partial charge in [-0.05, 0) is 47.2 Å². The number of amides is 2. The van der Waals surface area contributed by atoms with Gasteiger partial charge in [0.05, 0.1) is 33.0 Å². The zero-order valence-electron chi connectivity index (χ0n) is 29.5. The number of aromatic nitrogens is 2. The number of ether oxygens (including phenoxy) is 3. The summed E-state index contributed by atoms with van der Waals surface area (Å²) in [5.74, 6) is 1.15. The third-order valence-corrected chi connectivity index (χ3v) is 9.88. The molecule has 0 saturated carbocycles. The number of benzene rings is 2. The topological polar surface area (TPSA) is 109 Å². The molecular formula is C39H48N6O5S. The van der Waals surface area contributed by atoms with Crippen molar-refractivity contribution in [1.82, 2.24) is 19.8 Å². The van der Waals surface area contributed by atoms with Crippen molar-refractivity contribution in [2.24, 2.45) is 5.92 Å². The average molecular weight is 713 g/mol. The van der Waals surface area contributed by atoms with Crippen LogP contribution in [-0.4, -0.2) is 104 Å². The van der Waals surface area contributed by atoms with Gasteiger partial charge in [-0.3, -0.25) is 19.8 Å². The molecule has 4 heterocycles. The zero-order valence-corrected chi connectivity index (χ0v) is 30.4. The molecule has 0 aliphatic carbocycles. The lowest BCUT2D eigenvalue weighted by Gasteiger charge is -2.35. The molecule has 1 atom stereocenters. The molecule has 1 fully saturated rings. The molecule has 0 spiro atoms. The summed E-state index contributed by atoms with van der Waals surface area (Å²) in [5.41, 5.74) is 4.10. The van der Waals surface area contributed by atoms with Crippen LogP contribution in [0.2, 0.25) is 0 Å². The third-order valence-electron chi connectivity index (χ3n) is 9.19. The summed E-state index contributed by atoms with van der Waals surface area (Å²) in [6.07, 6.45) is 4.60. The predicted molar refractivity (Wildman–Crippen MR) is 200 cm³/mol. The van der Waals surface area contributed by atoms with Crippen molar-refractivity contribution in [2.75, 3.05) is 82.6 Å². The Hall–Kier alpha value is -4.20. The van der Waals surface area contributed by atoms with Crippen LogP contribution >= 0.6 is 11.3 Å². The van der Waals surface area contributed by atoms with Crippen LogP contribution in [-0.2, 0) is 25.5 Å². The highest BCUT2D eigenvalue weighted by atomic mass is 32.1. The molecular weight excluding hydrogens is 665 g/mol. The Morgan fingerprint density at radius 3 is 2.27 bits per heavy atom. The molecule has 270 valence electrons. The first-order valence-electron chi connectivity index (χ1n) is 17.8. The molecule has 2 aromatic carbocycles. The Bertz CT molecular complexity index is 1680. The van der Waals surface area contributed by atoms with Crippen LogP contribution in [0.15, 0.2) is 78.4 Å². The minimum atomic E-state index is -0.790. The fourth-order valence-corrected chi connectivity index (χ4v) is 6.81. The van der Waals surface area contributed by atoms with E-state index < -0.39 is 6.04 Å². The van der Waals surface area contributed by atoms with Crippen molar-refractivity contribution < 1.29 is 23.8 Å². The first-order valence-corrected chi connectivity index (χ1v) is 18.7. The van der Waals surface area contributed by atoms with Gasteiger partial charge in [0.25, 0.3) is 11.8 Å². The Balaban J connectivity index is 0.967. The van der Waals surface area contributed by atoms with Crippen LogP contribution in [0.5, 0.6) is 0 Å². The van der Waals surface area contributed by atoms with E-state index in [9.17, 15) is 9.59 Å². The molecule has 0 radical (unpaired) electrons. The van der Waals surface area contributed by atoms with Crippen LogP contribution in [0.25, 0.3) is 11.1 Å². The zero-order chi connectivity index (χ0) is 35.4. The van der Waals surface area contributed by atoms with Crippen LogP contribution < -0.4 is 10.2 Å². The van der Waals surface area contributed by atoms with Gasteiger partial charge in [0.1, 0.15) is 11.9 Å². The highest BCUT2D eigenvalue weighted by molar-refractivity contribution is 7.13. The lowest BCUT2D eigenvalue weighted by Crippen LogP contribution is -2.47. The SMILES string of the molecule is CC(C)CCOCCOCCOCCN1CCN(c2ccc(-c3ccc4c(c3)C(=O)N(C(C(=O)Nc3nccs3)c3ccccc3)C4)cn2)CC1. The number of nitrogens with one attached hydrogen (secondary N) is 1. The van der Waals surface area contributed by atoms with E-state index in [0.717, 1.165) is 73.8 Å². The molecule has 4 aromatic rings. The predicted octanol–water partition coefficient (Wildman–Crippen LogP) is 5.76. The van der Waals surface area contributed by atoms with Gasteiger partial charge < -0.3 is 24.0 Å². The lowest BCUT2D eigenvalue weighted by molar-refractivity contribution is -0.120. The summed E-state index contributed by atoms with van der Waals surface area (Å²) in [6, 6.07) is 18.7. The fourth-order valence-electron chi connectivity index (χ4n) is 6.28. The van der Waals surface area contributed by atoms with E-state index in [1.165, 1.54) is 11.3 Å². The van der Waals surface area contributed by atoms with Crippen molar-refractivity contribution in [1.29, 1.82) is 0 Å². The minimum absolute atomic E-state index is 0.172. The molecule has 2 aliphatic rings. The molecule has 51 heavy (non-hydrogen) atoms. The average Bonchev–Trinajstić information content (AvgIpc) is 3.78. The van der Waals surface area contributed by atoms with E-state index in [-0.39, 0.29) is 11.8 Å². The number of rotatable bonds is 18. The number of thiazole rings is 1. The monoisotopic (exact) mass is 712 g/mol. The Labute approximate surface area is 304 Å². The first-order chi connectivity index (χ1) is 25.0. The Morgan fingerprint density at radius 2 is 1.59 bits per heavy atom. The molecule has 2 aromatic heterocycles. The van der Waals surface area contributed by atoms with Crippen molar-refractivity contribution in [3.05, 3.63) is 95.1 Å². The summed E-state index contributed by atoms with van der Waals surface area (Å²) in [5, 5.41) is 5.19. The molecule has 0 bridgehead atoms. The molecule has 1 N–H and O–H groups in total.